The molecule has 0 aliphatic heterocycles. The van der Waals surface area contributed by atoms with Gasteiger partial charge in [-0.3, -0.25) is 0 Å². The van der Waals surface area contributed by atoms with Crippen molar-refractivity contribution in [2.24, 2.45) is 11.8 Å². The second kappa shape index (κ2) is 5.25. The summed E-state index contributed by atoms with van der Waals surface area (Å²) in [6.45, 7) is 3.11. The Balaban J connectivity index is 2.14. The summed E-state index contributed by atoms with van der Waals surface area (Å²) in [4.78, 5) is 11.1. The zero-order valence-electron chi connectivity index (χ0n) is 10.0. The molecule has 1 aliphatic carbocycles. The number of aromatic carboxylic acids is 1. The topological polar surface area (TPSA) is 42.2 Å². The van der Waals surface area contributed by atoms with Gasteiger partial charge in [0.05, 0.1) is 0 Å². The zero-order valence-corrected chi connectivity index (χ0v) is 11.6. The summed E-state index contributed by atoms with van der Waals surface area (Å²) in [7, 11) is 0. The quantitative estimate of drug-likeness (QED) is 0.923. The third kappa shape index (κ3) is 2.92. The first-order chi connectivity index (χ1) is 8.08. The summed E-state index contributed by atoms with van der Waals surface area (Å²) in [6.07, 6.45) is 6.97. The largest absolute Gasteiger partial charge is 0.477 e. The van der Waals surface area contributed by atoms with E-state index in [9.17, 15) is 4.79 Å². The Morgan fingerprint density at radius 3 is 2.88 bits per heavy atom. The van der Waals surface area contributed by atoms with Gasteiger partial charge < -0.3 is 9.67 Å². The van der Waals surface area contributed by atoms with Crippen molar-refractivity contribution in [2.75, 3.05) is 0 Å². The van der Waals surface area contributed by atoms with Crippen LogP contribution in [0.2, 0.25) is 0 Å². The molecule has 2 atom stereocenters. The maximum Gasteiger partial charge on any atom is 0.352 e. The summed E-state index contributed by atoms with van der Waals surface area (Å²) in [5.74, 6) is 0.465. The number of carboxylic acids is 1. The lowest BCUT2D eigenvalue weighted by Gasteiger charge is -2.29. The van der Waals surface area contributed by atoms with Gasteiger partial charge in [0, 0.05) is 17.2 Å². The van der Waals surface area contributed by atoms with Gasteiger partial charge in [0.25, 0.3) is 0 Å². The number of rotatable bonds is 3. The molecule has 0 aromatic carbocycles. The van der Waals surface area contributed by atoms with Crippen molar-refractivity contribution in [1.29, 1.82) is 0 Å². The van der Waals surface area contributed by atoms with E-state index in [4.69, 9.17) is 5.11 Å². The Kier molecular flexibility index (Phi) is 3.92. The van der Waals surface area contributed by atoms with Crippen LogP contribution in [0.4, 0.5) is 0 Å². The minimum Gasteiger partial charge on any atom is -0.477 e. The van der Waals surface area contributed by atoms with Gasteiger partial charge in [-0.25, -0.2) is 4.79 Å². The summed E-state index contributed by atoms with van der Waals surface area (Å²) in [5, 5.41) is 9.13. The average Bonchev–Trinajstić information content (AvgIpc) is 2.63. The summed E-state index contributed by atoms with van der Waals surface area (Å²) < 4.78 is 2.72. The molecule has 1 aliphatic rings. The highest BCUT2D eigenvalue weighted by Crippen LogP contribution is 2.31. The Morgan fingerprint density at radius 1 is 1.53 bits per heavy atom. The van der Waals surface area contributed by atoms with Crippen molar-refractivity contribution < 1.29 is 9.90 Å². The monoisotopic (exact) mass is 299 g/mol. The van der Waals surface area contributed by atoms with Crippen LogP contribution in [0.15, 0.2) is 16.7 Å². The van der Waals surface area contributed by atoms with Crippen LogP contribution in [0.5, 0.6) is 0 Å². The predicted molar refractivity (Wildman–Crippen MR) is 70.2 cm³/mol. The fourth-order valence-electron chi connectivity index (χ4n) is 2.72. The standard InChI is InChI=1S/C13H18BrNO2/c1-9-4-2-3-5-10(9)7-15-8-11(14)6-12(15)13(16)17/h6,8-10H,2-5,7H2,1H3,(H,16,17). The number of hydrogen-bond acceptors (Lipinski definition) is 1. The van der Waals surface area contributed by atoms with E-state index in [2.05, 4.69) is 22.9 Å². The predicted octanol–water partition coefficient (Wildman–Crippen LogP) is 3.78. The van der Waals surface area contributed by atoms with Crippen LogP contribution in [0.25, 0.3) is 0 Å². The average molecular weight is 300 g/mol. The van der Waals surface area contributed by atoms with Crippen LogP contribution >= 0.6 is 15.9 Å². The summed E-state index contributed by atoms with van der Waals surface area (Å²) >= 11 is 3.35. The number of halogens is 1. The van der Waals surface area contributed by atoms with E-state index in [-0.39, 0.29) is 0 Å². The van der Waals surface area contributed by atoms with Crippen LogP contribution in [0, 0.1) is 11.8 Å². The number of carboxylic acid groups (broad SMARTS) is 1. The van der Waals surface area contributed by atoms with Crippen molar-refractivity contribution in [3.05, 3.63) is 22.4 Å². The molecular formula is C13H18BrNO2. The zero-order chi connectivity index (χ0) is 12.4. The Hall–Kier alpha value is -0.770. The Bertz CT molecular complexity index is 414. The highest BCUT2D eigenvalue weighted by molar-refractivity contribution is 9.10. The number of carbonyl (C=O) groups is 1. The number of hydrogen-bond donors (Lipinski definition) is 1. The van der Waals surface area contributed by atoms with Gasteiger partial charge in [0.15, 0.2) is 0 Å². The van der Waals surface area contributed by atoms with Gasteiger partial charge in [0.2, 0.25) is 0 Å². The van der Waals surface area contributed by atoms with Gasteiger partial charge >= 0.3 is 5.97 Å². The van der Waals surface area contributed by atoms with Crippen molar-refractivity contribution in [2.45, 2.75) is 39.2 Å². The van der Waals surface area contributed by atoms with Gasteiger partial charge in [-0.15, -0.1) is 0 Å². The molecule has 0 amide bonds. The Morgan fingerprint density at radius 2 is 2.24 bits per heavy atom. The van der Waals surface area contributed by atoms with E-state index in [0.29, 0.717) is 17.5 Å². The van der Waals surface area contributed by atoms with E-state index in [1.807, 2.05) is 10.8 Å². The first-order valence-corrected chi connectivity index (χ1v) is 6.96. The molecule has 1 saturated carbocycles. The van der Waals surface area contributed by atoms with Gasteiger partial charge in [-0.05, 0) is 40.3 Å². The first-order valence-electron chi connectivity index (χ1n) is 6.17. The number of aromatic nitrogens is 1. The smallest absolute Gasteiger partial charge is 0.352 e. The third-order valence-corrected chi connectivity index (χ3v) is 4.24. The second-order valence-electron chi connectivity index (χ2n) is 5.02. The van der Waals surface area contributed by atoms with Crippen molar-refractivity contribution >= 4 is 21.9 Å². The van der Waals surface area contributed by atoms with Gasteiger partial charge in [-0.1, -0.05) is 26.2 Å². The molecule has 1 fully saturated rings. The molecule has 4 heteroatoms. The molecule has 1 N–H and O–H groups in total. The molecule has 2 unspecified atom stereocenters. The van der Waals surface area contributed by atoms with E-state index >= 15 is 0 Å². The minimum atomic E-state index is -0.848. The number of nitrogens with zero attached hydrogens (tertiary/aromatic N) is 1. The highest BCUT2D eigenvalue weighted by Gasteiger charge is 2.23. The van der Waals surface area contributed by atoms with E-state index in [1.54, 1.807) is 6.07 Å². The molecule has 17 heavy (non-hydrogen) atoms. The van der Waals surface area contributed by atoms with Crippen LogP contribution in [-0.2, 0) is 6.54 Å². The summed E-state index contributed by atoms with van der Waals surface area (Å²) in [6, 6.07) is 1.68. The van der Waals surface area contributed by atoms with Crippen LogP contribution in [0.3, 0.4) is 0 Å². The highest BCUT2D eigenvalue weighted by atomic mass is 79.9. The lowest BCUT2D eigenvalue weighted by Crippen LogP contribution is -2.23. The minimum absolute atomic E-state index is 0.384. The molecule has 0 spiro atoms. The third-order valence-electron chi connectivity index (χ3n) is 3.80. The van der Waals surface area contributed by atoms with Crippen LogP contribution in [0.1, 0.15) is 43.1 Å². The molecule has 2 rings (SSSR count). The maximum atomic E-state index is 11.1. The molecule has 0 saturated heterocycles. The fraction of sp³-hybridized carbons (Fsp3) is 0.615. The molecule has 0 radical (unpaired) electrons. The summed E-state index contributed by atoms with van der Waals surface area (Å²) in [5.41, 5.74) is 0.384. The van der Waals surface area contributed by atoms with Gasteiger partial charge in [-0.2, -0.15) is 0 Å². The van der Waals surface area contributed by atoms with E-state index in [1.165, 1.54) is 25.7 Å². The molecule has 1 heterocycles. The van der Waals surface area contributed by atoms with Crippen LogP contribution in [-0.4, -0.2) is 15.6 Å². The van der Waals surface area contributed by atoms with Crippen LogP contribution < -0.4 is 0 Å². The molecule has 0 bridgehead atoms. The lowest BCUT2D eigenvalue weighted by molar-refractivity contribution is 0.0682. The lowest BCUT2D eigenvalue weighted by atomic mass is 9.80. The Labute approximate surface area is 110 Å². The van der Waals surface area contributed by atoms with Crippen molar-refractivity contribution in [3.63, 3.8) is 0 Å². The van der Waals surface area contributed by atoms with Crippen molar-refractivity contribution in [1.82, 2.24) is 4.57 Å². The van der Waals surface area contributed by atoms with Gasteiger partial charge in [0.1, 0.15) is 5.69 Å². The first kappa shape index (κ1) is 12.7. The molecule has 3 nitrogen and oxygen atoms in total. The second-order valence-corrected chi connectivity index (χ2v) is 5.94. The fourth-order valence-corrected chi connectivity index (χ4v) is 3.19. The van der Waals surface area contributed by atoms with E-state index in [0.717, 1.165) is 11.0 Å². The van der Waals surface area contributed by atoms with E-state index < -0.39 is 5.97 Å². The SMILES string of the molecule is CC1CCCCC1Cn1cc(Br)cc1C(=O)O. The molecular weight excluding hydrogens is 282 g/mol. The van der Waals surface area contributed by atoms with Crippen molar-refractivity contribution in [3.8, 4) is 0 Å². The molecule has 94 valence electrons. The molecule has 1 aromatic heterocycles. The maximum absolute atomic E-state index is 11.1. The normalized spacial score (nSPS) is 24.8. The molecule has 1 aromatic rings.